The van der Waals surface area contributed by atoms with Gasteiger partial charge in [-0.25, -0.2) is 4.68 Å². The Labute approximate surface area is 186 Å². The van der Waals surface area contributed by atoms with Gasteiger partial charge in [0.15, 0.2) is 11.6 Å². The van der Waals surface area contributed by atoms with Crippen molar-refractivity contribution in [3.8, 4) is 6.07 Å². The van der Waals surface area contributed by atoms with E-state index in [1.54, 1.807) is 18.2 Å². The van der Waals surface area contributed by atoms with Crippen molar-refractivity contribution >= 4 is 5.91 Å². The maximum atomic E-state index is 12.7. The number of benzene rings is 1. The summed E-state index contributed by atoms with van der Waals surface area (Å²) in [5, 5.41) is 22.2. The number of carbonyl (C=O) groups excluding carboxylic acids is 1. The number of rotatable bonds is 5. The molecule has 9 nitrogen and oxygen atoms in total. The highest BCUT2D eigenvalue weighted by molar-refractivity contribution is 5.91. The SMILES string of the molecule is N#Cc1cccc(C(c2nnnn2C2CCCC2)N2CCN(C(=O)c3ccco3)CC2)c1. The summed E-state index contributed by atoms with van der Waals surface area (Å²) in [6, 6.07) is 13.4. The van der Waals surface area contributed by atoms with Gasteiger partial charge in [0.05, 0.1) is 30.0 Å². The van der Waals surface area contributed by atoms with Crippen LogP contribution in [0.15, 0.2) is 47.1 Å². The highest BCUT2D eigenvalue weighted by Gasteiger charge is 2.34. The molecule has 1 aliphatic heterocycles. The first-order chi connectivity index (χ1) is 15.7. The number of hydrogen-bond donors (Lipinski definition) is 0. The second-order valence-electron chi connectivity index (χ2n) is 8.37. The minimum atomic E-state index is -0.181. The van der Waals surface area contributed by atoms with Crippen LogP contribution in [0, 0.1) is 11.3 Å². The molecule has 1 saturated heterocycles. The van der Waals surface area contributed by atoms with Crippen molar-refractivity contribution in [2.45, 2.75) is 37.8 Å². The third kappa shape index (κ3) is 3.89. The second kappa shape index (κ2) is 8.93. The number of tetrazole rings is 1. The van der Waals surface area contributed by atoms with Crippen LogP contribution in [-0.4, -0.2) is 62.1 Å². The zero-order valence-corrected chi connectivity index (χ0v) is 17.8. The monoisotopic (exact) mass is 431 g/mol. The molecule has 32 heavy (non-hydrogen) atoms. The van der Waals surface area contributed by atoms with E-state index in [0.29, 0.717) is 43.5 Å². The molecule has 1 atom stereocenters. The minimum absolute atomic E-state index is 0.0894. The van der Waals surface area contributed by atoms with E-state index in [0.717, 1.165) is 24.2 Å². The maximum Gasteiger partial charge on any atom is 0.289 e. The quantitative estimate of drug-likeness (QED) is 0.612. The van der Waals surface area contributed by atoms with E-state index in [4.69, 9.17) is 4.42 Å². The molecule has 0 radical (unpaired) electrons. The van der Waals surface area contributed by atoms with Crippen LogP contribution in [0.3, 0.4) is 0 Å². The lowest BCUT2D eigenvalue weighted by Gasteiger charge is -2.38. The first-order valence-corrected chi connectivity index (χ1v) is 11.1. The van der Waals surface area contributed by atoms with E-state index in [9.17, 15) is 10.1 Å². The van der Waals surface area contributed by atoms with Crippen LogP contribution in [0.5, 0.6) is 0 Å². The molecule has 2 aliphatic rings. The van der Waals surface area contributed by atoms with Crippen LogP contribution in [0.25, 0.3) is 0 Å². The normalized spacial score (nSPS) is 18.5. The standard InChI is InChI=1S/C23H25N7O2/c24-16-17-5-3-6-18(15-17)21(22-25-26-27-30(22)19-7-1-2-8-19)28-10-12-29(13-11-28)23(31)20-9-4-14-32-20/h3-6,9,14-15,19,21H,1-2,7-8,10-13H2. The van der Waals surface area contributed by atoms with E-state index in [2.05, 4.69) is 26.5 Å². The summed E-state index contributed by atoms with van der Waals surface area (Å²) in [6.45, 7) is 2.51. The number of nitriles is 1. The Bertz CT molecular complexity index is 1100. The molecule has 0 N–H and O–H groups in total. The summed E-state index contributed by atoms with van der Waals surface area (Å²) in [5.74, 6) is 1.08. The molecule has 3 aromatic rings. The van der Waals surface area contributed by atoms with Crippen molar-refractivity contribution < 1.29 is 9.21 Å². The van der Waals surface area contributed by atoms with Crippen molar-refractivity contribution in [2.75, 3.05) is 26.2 Å². The molecule has 164 valence electrons. The molecule has 1 aliphatic carbocycles. The van der Waals surface area contributed by atoms with Gasteiger partial charge in [-0.05, 0) is 53.1 Å². The van der Waals surface area contributed by atoms with Crippen molar-refractivity contribution in [1.29, 1.82) is 5.26 Å². The Morgan fingerprint density at radius 3 is 2.66 bits per heavy atom. The van der Waals surface area contributed by atoms with Gasteiger partial charge in [-0.15, -0.1) is 5.10 Å². The number of furan rings is 1. The fraction of sp³-hybridized carbons (Fsp3) is 0.435. The van der Waals surface area contributed by atoms with Gasteiger partial charge in [0.2, 0.25) is 0 Å². The van der Waals surface area contributed by atoms with Crippen LogP contribution in [0.1, 0.15) is 65.3 Å². The molecule has 1 unspecified atom stereocenters. The molecule has 2 fully saturated rings. The van der Waals surface area contributed by atoms with E-state index < -0.39 is 0 Å². The molecule has 0 spiro atoms. The van der Waals surface area contributed by atoms with Gasteiger partial charge in [-0.3, -0.25) is 9.69 Å². The van der Waals surface area contributed by atoms with Crippen LogP contribution >= 0.6 is 0 Å². The molecule has 1 saturated carbocycles. The van der Waals surface area contributed by atoms with Gasteiger partial charge >= 0.3 is 0 Å². The summed E-state index contributed by atoms with van der Waals surface area (Å²) in [4.78, 5) is 16.8. The lowest BCUT2D eigenvalue weighted by Crippen LogP contribution is -2.50. The predicted octanol–water partition coefficient (Wildman–Crippen LogP) is 2.80. The number of aromatic nitrogens is 4. The van der Waals surface area contributed by atoms with Crippen molar-refractivity contribution in [1.82, 2.24) is 30.0 Å². The van der Waals surface area contributed by atoms with Gasteiger partial charge in [0, 0.05) is 26.2 Å². The Balaban J connectivity index is 1.43. The average molecular weight is 432 g/mol. The Hall–Kier alpha value is -3.51. The summed E-state index contributed by atoms with van der Waals surface area (Å²) in [5.41, 5.74) is 1.60. The minimum Gasteiger partial charge on any atom is -0.459 e. The third-order valence-corrected chi connectivity index (χ3v) is 6.46. The molecule has 9 heteroatoms. The predicted molar refractivity (Wildman–Crippen MR) is 115 cm³/mol. The van der Waals surface area contributed by atoms with Gasteiger partial charge in [0.25, 0.3) is 5.91 Å². The average Bonchev–Trinajstić information content (AvgIpc) is 3.62. The molecule has 2 aromatic heterocycles. The van der Waals surface area contributed by atoms with Crippen molar-refractivity contribution in [3.63, 3.8) is 0 Å². The molecule has 0 bridgehead atoms. The largest absolute Gasteiger partial charge is 0.459 e. The summed E-state index contributed by atoms with van der Waals surface area (Å²) < 4.78 is 7.27. The van der Waals surface area contributed by atoms with E-state index in [1.165, 1.54) is 19.1 Å². The zero-order valence-electron chi connectivity index (χ0n) is 17.8. The maximum absolute atomic E-state index is 12.7. The van der Waals surface area contributed by atoms with E-state index in [1.807, 2.05) is 27.8 Å². The number of carbonyl (C=O) groups is 1. The lowest BCUT2D eigenvalue weighted by atomic mass is 10.0. The second-order valence-corrected chi connectivity index (χ2v) is 8.37. The molecule has 1 aromatic carbocycles. The summed E-state index contributed by atoms with van der Waals surface area (Å²) in [7, 11) is 0. The number of piperazine rings is 1. The Kier molecular flexibility index (Phi) is 5.69. The van der Waals surface area contributed by atoms with E-state index in [-0.39, 0.29) is 11.9 Å². The number of amides is 1. The summed E-state index contributed by atoms with van der Waals surface area (Å²) >= 11 is 0. The van der Waals surface area contributed by atoms with Crippen molar-refractivity contribution in [3.05, 3.63) is 65.4 Å². The van der Waals surface area contributed by atoms with Crippen LogP contribution in [0.4, 0.5) is 0 Å². The third-order valence-electron chi connectivity index (χ3n) is 6.46. The van der Waals surface area contributed by atoms with Crippen LogP contribution in [0.2, 0.25) is 0 Å². The lowest BCUT2D eigenvalue weighted by molar-refractivity contribution is 0.0558. The van der Waals surface area contributed by atoms with Crippen molar-refractivity contribution in [2.24, 2.45) is 0 Å². The zero-order chi connectivity index (χ0) is 21.9. The van der Waals surface area contributed by atoms with Gasteiger partial charge in [-0.2, -0.15) is 5.26 Å². The number of nitrogens with zero attached hydrogens (tertiary/aromatic N) is 7. The molecular weight excluding hydrogens is 406 g/mol. The van der Waals surface area contributed by atoms with Crippen LogP contribution < -0.4 is 0 Å². The molecular formula is C23H25N7O2. The Morgan fingerprint density at radius 1 is 1.12 bits per heavy atom. The fourth-order valence-electron chi connectivity index (χ4n) is 4.83. The van der Waals surface area contributed by atoms with Gasteiger partial charge in [-0.1, -0.05) is 25.0 Å². The first-order valence-electron chi connectivity index (χ1n) is 11.1. The fourth-order valence-corrected chi connectivity index (χ4v) is 4.83. The number of hydrogen-bond acceptors (Lipinski definition) is 7. The topological polar surface area (TPSA) is 104 Å². The molecule has 3 heterocycles. The van der Waals surface area contributed by atoms with Gasteiger partial charge in [0.1, 0.15) is 0 Å². The summed E-state index contributed by atoms with van der Waals surface area (Å²) in [6.07, 6.45) is 6.05. The molecule has 5 rings (SSSR count). The first kappa shape index (κ1) is 20.4. The van der Waals surface area contributed by atoms with E-state index >= 15 is 0 Å². The van der Waals surface area contributed by atoms with Gasteiger partial charge < -0.3 is 9.32 Å². The Morgan fingerprint density at radius 2 is 1.94 bits per heavy atom. The molecule has 1 amide bonds. The smallest absolute Gasteiger partial charge is 0.289 e. The highest BCUT2D eigenvalue weighted by Crippen LogP contribution is 2.34. The van der Waals surface area contributed by atoms with Crippen LogP contribution in [-0.2, 0) is 0 Å². The highest BCUT2D eigenvalue weighted by atomic mass is 16.3.